The third kappa shape index (κ3) is 2.22. The van der Waals surface area contributed by atoms with Crippen molar-refractivity contribution < 1.29 is 0 Å². The Labute approximate surface area is 113 Å². The molecule has 2 heteroatoms. The van der Waals surface area contributed by atoms with Crippen LogP contribution in [0.5, 0.6) is 0 Å². The maximum absolute atomic E-state index is 5.99. The van der Waals surface area contributed by atoms with Crippen LogP contribution in [0.2, 0.25) is 0 Å². The second-order valence-electron chi connectivity index (χ2n) is 4.89. The Morgan fingerprint density at radius 2 is 1.68 bits per heavy atom. The molecule has 2 aromatic carbocycles. The molecule has 3 aromatic rings. The Morgan fingerprint density at radius 3 is 2.42 bits per heavy atom. The first-order valence-corrected chi connectivity index (χ1v) is 6.69. The number of hydrogen-bond acceptors (Lipinski definition) is 1. The molecule has 0 aliphatic rings. The van der Waals surface area contributed by atoms with E-state index in [2.05, 4.69) is 54.1 Å². The van der Waals surface area contributed by atoms with E-state index in [9.17, 15) is 0 Å². The van der Waals surface area contributed by atoms with Gasteiger partial charge < -0.3 is 10.3 Å². The summed E-state index contributed by atoms with van der Waals surface area (Å²) < 4.78 is 2.24. The molecule has 0 aliphatic carbocycles. The molecule has 0 radical (unpaired) electrons. The summed E-state index contributed by atoms with van der Waals surface area (Å²) in [4.78, 5) is 0. The van der Waals surface area contributed by atoms with Gasteiger partial charge in [0.25, 0.3) is 0 Å². The topological polar surface area (TPSA) is 30.9 Å². The number of fused-ring (bicyclic) bond motifs is 1. The molecule has 0 saturated heterocycles. The van der Waals surface area contributed by atoms with Crippen LogP contribution >= 0.6 is 0 Å². The Hall–Kier alpha value is -2.22. The van der Waals surface area contributed by atoms with Crippen LogP contribution in [0.1, 0.15) is 18.1 Å². The number of aromatic nitrogens is 1. The van der Waals surface area contributed by atoms with Gasteiger partial charge in [-0.25, -0.2) is 0 Å². The number of anilines is 1. The molecule has 1 aromatic heterocycles. The standard InChI is InChI=1S/C17H18N2/c1-2-13-6-8-14(9-7-13)12-19-11-10-15-16(18)4-3-5-17(15)19/h3-11H,2,12,18H2,1H3. The number of benzene rings is 2. The van der Waals surface area contributed by atoms with Crippen LogP contribution in [0.4, 0.5) is 5.69 Å². The lowest BCUT2D eigenvalue weighted by Gasteiger charge is -2.07. The normalized spacial score (nSPS) is 11.0. The van der Waals surface area contributed by atoms with Crippen molar-refractivity contribution in [2.75, 3.05) is 5.73 Å². The van der Waals surface area contributed by atoms with E-state index in [1.54, 1.807) is 0 Å². The fourth-order valence-corrected chi connectivity index (χ4v) is 2.46. The summed E-state index contributed by atoms with van der Waals surface area (Å²) in [5.41, 5.74) is 10.7. The van der Waals surface area contributed by atoms with Gasteiger partial charge >= 0.3 is 0 Å². The molecule has 0 bridgehead atoms. The molecule has 0 aliphatic heterocycles. The van der Waals surface area contributed by atoms with Crippen LogP contribution in [-0.2, 0) is 13.0 Å². The van der Waals surface area contributed by atoms with Crippen molar-refractivity contribution in [3.63, 3.8) is 0 Å². The van der Waals surface area contributed by atoms with Gasteiger partial charge in [-0.2, -0.15) is 0 Å². The first-order valence-electron chi connectivity index (χ1n) is 6.69. The number of hydrogen-bond donors (Lipinski definition) is 1. The largest absolute Gasteiger partial charge is 0.398 e. The second kappa shape index (κ2) is 4.81. The van der Waals surface area contributed by atoms with Gasteiger partial charge in [-0.1, -0.05) is 37.3 Å². The first-order chi connectivity index (χ1) is 9.28. The Morgan fingerprint density at radius 1 is 0.947 bits per heavy atom. The lowest BCUT2D eigenvalue weighted by atomic mass is 10.1. The van der Waals surface area contributed by atoms with Gasteiger partial charge in [-0.3, -0.25) is 0 Å². The molecule has 19 heavy (non-hydrogen) atoms. The highest BCUT2D eigenvalue weighted by Crippen LogP contribution is 2.22. The zero-order valence-electron chi connectivity index (χ0n) is 11.1. The third-order valence-corrected chi connectivity index (χ3v) is 3.63. The molecule has 0 atom stereocenters. The van der Waals surface area contributed by atoms with E-state index in [0.29, 0.717) is 0 Å². The molecule has 3 rings (SSSR count). The van der Waals surface area contributed by atoms with Crippen LogP contribution in [-0.4, -0.2) is 4.57 Å². The Balaban J connectivity index is 1.94. The van der Waals surface area contributed by atoms with Gasteiger partial charge in [-0.05, 0) is 35.7 Å². The highest BCUT2D eigenvalue weighted by atomic mass is 15.0. The van der Waals surface area contributed by atoms with Crippen molar-refractivity contribution in [2.24, 2.45) is 0 Å². The Bertz CT molecular complexity index is 693. The number of aryl methyl sites for hydroxylation is 1. The van der Waals surface area contributed by atoms with Crippen molar-refractivity contribution >= 4 is 16.6 Å². The third-order valence-electron chi connectivity index (χ3n) is 3.63. The summed E-state index contributed by atoms with van der Waals surface area (Å²) in [5.74, 6) is 0. The minimum absolute atomic E-state index is 0.845. The molecule has 0 fully saturated rings. The fourth-order valence-electron chi connectivity index (χ4n) is 2.46. The molecule has 2 N–H and O–H groups in total. The predicted molar refractivity (Wildman–Crippen MR) is 81.3 cm³/mol. The maximum Gasteiger partial charge on any atom is 0.0504 e. The van der Waals surface area contributed by atoms with Crippen molar-refractivity contribution in [1.29, 1.82) is 0 Å². The summed E-state index contributed by atoms with van der Waals surface area (Å²) in [6.45, 7) is 3.06. The monoisotopic (exact) mass is 250 g/mol. The summed E-state index contributed by atoms with van der Waals surface area (Å²) in [5, 5.41) is 1.13. The van der Waals surface area contributed by atoms with Gasteiger partial charge in [0.05, 0.1) is 5.52 Å². The van der Waals surface area contributed by atoms with Gasteiger partial charge in [0.2, 0.25) is 0 Å². The lowest BCUT2D eigenvalue weighted by Crippen LogP contribution is -1.98. The molecule has 0 amide bonds. The number of nitrogen functional groups attached to an aromatic ring is 1. The molecular formula is C17H18N2. The van der Waals surface area contributed by atoms with E-state index in [0.717, 1.165) is 24.0 Å². The summed E-state index contributed by atoms with van der Waals surface area (Å²) in [6.07, 6.45) is 3.19. The highest BCUT2D eigenvalue weighted by Gasteiger charge is 2.03. The van der Waals surface area contributed by atoms with Crippen LogP contribution in [0.15, 0.2) is 54.7 Å². The van der Waals surface area contributed by atoms with Crippen LogP contribution in [0, 0.1) is 0 Å². The van der Waals surface area contributed by atoms with Crippen molar-refractivity contribution in [2.45, 2.75) is 19.9 Å². The number of nitrogens with two attached hydrogens (primary N) is 1. The average Bonchev–Trinajstić information content (AvgIpc) is 2.84. The minimum Gasteiger partial charge on any atom is -0.398 e. The van der Waals surface area contributed by atoms with Gasteiger partial charge in [0, 0.05) is 23.8 Å². The molecule has 0 spiro atoms. The molecular weight excluding hydrogens is 232 g/mol. The van der Waals surface area contributed by atoms with E-state index < -0.39 is 0 Å². The van der Waals surface area contributed by atoms with Gasteiger partial charge in [0.1, 0.15) is 0 Å². The van der Waals surface area contributed by atoms with E-state index >= 15 is 0 Å². The molecule has 0 saturated carbocycles. The summed E-state index contributed by atoms with van der Waals surface area (Å²) in [7, 11) is 0. The van der Waals surface area contributed by atoms with E-state index in [1.807, 2.05) is 12.1 Å². The molecule has 96 valence electrons. The average molecular weight is 250 g/mol. The smallest absolute Gasteiger partial charge is 0.0504 e. The van der Waals surface area contributed by atoms with Crippen molar-refractivity contribution in [3.8, 4) is 0 Å². The van der Waals surface area contributed by atoms with Crippen LogP contribution in [0.25, 0.3) is 10.9 Å². The van der Waals surface area contributed by atoms with E-state index in [1.165, 1.54) is 16.6 Å². The SMILES string of the molecule is CCc1ccc(Cn2ccc3c(N)cccc32)cc1. The quantitative estimate of drug-likeness (QED) is 0.704. The second-order valence-corrected chi connectivity index (χ2v) is 4.89. The summed E-state index contributed by atoms with van der Waals surface area (Å²) in [6, 6.07) is 17.0. The molecule has 2 nitrogen and oxygen atoms in total. The lowest BCUT2D eigenvalue weighted by molar-refractivity contribution is 0.836. The number of rotatable bonds is 3. The first kappa shape index (κ1) is 11.8. The van der Waals surface area contributed by atoms with Crippen molar-refractivity contribution in [1.82, 2.24) is 4.57 Å². The van der Waals surface area contributed by atoms with E-state index in [-0.39, 0.29) is 0 Å². The zero-order chi connectivity index (χ0) is 13.2. The maximum atomic E-state index is 5.99. The molecule has 1 heterocycles. The van der Waals surface area contributed by atoms with Gasteiger partial charge in [0.15, 0.2) is 0 Å². The Kier molecular flexibility index (Phi) is 3.00. The van der Waals surface area contributed by atoms with Crippen molar-refractivity contribution in [3.05, 3.63) is 65.9 Å². The zero-order valence-corrected chi connectivity index (χ0v) is 11.1. The predicted octanol–water partition coefficient (Wildman–Crippen LogP) is 3.83. The fraction of sp³-hybridized carbons (Fsp3) is 0.176. The van der Waals surface area contributed by atoms with Crippen LogP contribution < -0.4 is 5.73 Å². The summed E-state index contributed by atoms with van der Waals surface area (Å²) >= 11 is 0. The highest BCUT2D eigenvalue weighted by molar-refractivity contribution is 5.91. The minimum atomic E-state index is 0.845. The van der Waals surface area contributed by atoms with Gasteiger partial charge in [-0.15, -0.1) is 0 Å². The molecule has 0 unspecified atom stereocenters. The van der Waals surface area contributed by atoms with E-state index in [4.69, 9.17) is 5.73 Å². The number of nitrogens with zero attached hydrogens (tertiary/aromatic N) is 1. The van der Waals surface area contributed by atoms with Crippen LogP contribution in [0.3, 0.4) is 0 Å².